The molecule has 0 aromatic heterocycles. The van der Waals surface area contributed by atoms with Crippen LogP contribution in [-0.2, 0) is 17.8 Å². The third-order valence-corrected chi connectivity index (χ3v) is 4.35. The van der Waals surface area contributed by atoms with Crippen molar-refractivity contribution in [1.29, 1.82) is 0 Å². The molecule has 0 aliphatic carbocycles. The molecule has 1 saturated heterocycles. The van der Waals surface area contributed by atoms with Gasteiger partial charge in [0.25, 0.3) is 0 Å². The van der Waals surface area contributed by atoms with Gasteiger partial charge in [0.1, 0.15) is 12.4 Å². The Kier molecular flexibility index (Phi) is 6.10. The number of hydrogen-bond acceptors (Lipinski definition) is 4. The van der Waals surface area contributed by atoms with Gasteiger partial charge in [-0.15, -0.1) is 0 Å². The number of rotatable bonds is 7. The fraction of sp³-hybridized carbons (Fsp3) is 0.400. The first-order valence-electron chi connectivity index (χ1n) is 8.66. The van der Waals surface area contributed by atoms with Gasteiger partial charge in [-0.25, -0.2) is 0 Å². The third-order valence-electron chi connectivity index (χ3n) is 4.35. The minimum atomic E-state index is 0.543. The first kappa shape index (κ1) is 16.8. The fourth-order valence-corrected chi connectivity index (χ4v) is 2.95. The second-order valence-corrected chi connectivity index (χ2v) is 6.20. The summed E-state index contributed by atoms with van der Waals surface area (Å²) in [4.78, 5) is 2.46. The lowest BCUT2D eigenvalue weighted by Crippen LogP contribution is -2.36. The molecule has 2 N–H and O–H groups in total. The second kappa shape index (κ2) is 8.71. The van der Waals surface area contributed by atoms with Gasteiger partial charge >= 0.3 is 0 Å². The molecule has 0 amide bonds. The third kappa shape index (κ3) is 4.98. The van der Waals surface area contributed by atoms with Crippen LogP contribution >= 0.6 is 0 Å². The highest BCUT2D eigenvalue weighted by Gasteiger charge is 2.10. The minimum Gasteiger partial charge on any atom is -0.487 e. The van der Waals surface area contributed by atoms with Crippen molar-refractivity contribution in [3.05, 3.63) is 59.7 Å². The van der Waals surface area contributed by atoms with Gasteiger partial charge in [-0.2, -0.15) is 0 Å². The van der Waals surface area contributed by atoms with Gasteiger partial charge in [-0.3, -0.25) is 4.90 Å². The van der Waals surface area contributed by atoms with Crippen molar-refractivity contribution in [2.75, 3.05) is 38.6 Å². The average molecular weight is 326 g/mol. The number of ether oxygens (including phenoxy) is 2. The minimum absolute atomic E-state index is 0.543. The van der Waals surface area contributed by atoms with Gasteiger partial charge in [0.15, 0.2) is 0 Å². The summed E-state index contributed by atoms with van der Waals surface area (Å²) in [6.07, 6.45) is 2.18. The number of hydrogen-bond donors (Lipinski definition) is 1. The highest BCUT2D eigenvalue weighted by molar-refractivity contribution is 5.54. The second-order valence-electron chi connectivity index (χ2n) is 6.20. The van der Waals surface area contributed by atoms with Crippen molar-refractivity contribution in [2.24, 2.45) is 0 Å². The molecule has 0 saturated carbocycles. The maximum Gasteiger partial charge on any atom is 0.142 e. The molecule has 1 aliphatic heterocycles. The number of nitrogens with two attached hydrogens (primary N) is 1. The lowest BCUT2D eigenvalue weighted by Gasteiger charge is -2.26. The van der Waals surface area contributed by atoms with Crippen LogP contribution in [0.5, 0.6) is 5.75 Å². The van der Waals surface area contributed by atoms with Crippen LogP contribution in [0.3, 0.4) is 0 Å². The van der Waals surface area contributed by atoms with Crippen LogP contribution in [0, 0.1) is 0 Å². The summed E-state index contributed by atoms with van der Waals surface area (Å²) in [6.45, 7) is 5.49. The monoisotopic (exact) mass is 326 g/mol. The molecule has 0 spiro atoms. The van der Waals surface area contributed by atoms with Gasteiger partial charge in [0, 0.05) is 13.1 Å². The Morgan fingerprint density at radius 3 is 2.54 bits per heavy atom. The van der Waals surface area contributed by atoms with Crippen molar-refractivity contribution < 1.29 is 9.47 Å². The van der Waals surface area contributed by atoms with Crippen molar-refractivity contribution in [1.82, 2.24) is 4.90 Å². The Hall–Kier alpha value is -2.04. The predicted molar refractivity (Wildman–Crippen MR) is 97.2 cm³/mol. The molecule has 3 rings (SSSR count). The molecule has 2 aromatic carbocycles. The molecule has 2 aromatic rings. The summed E-state index contributed by atoms with van der Waals surface area (Å²) in [5.41, 5.74) is 9.28. The summed E-state index contributed by atoms with van der Waals surface area (Å²) in [5.74, 6) is 0.760. The van der Waals surface area contributed by atoms with Gasteiger partial charge < -0.3 is 15.2 Å². The Labute approximate surface area is 144 Å². The molecular formula is C20H26N2O2. The van der Waals surface area contributed by atoms with Crippen molar-refractivity contribution in [3.8, 4) is 5.75 Å². The lowest BCUT2D eigenvalue weighted by molar-refractivity contribution is 0.0375. The zero-order chi connectivity index (χ0) is 16.6. The maximum atomic E-state index is 6.15. The number of nitrogens with zero attached hydrogens (tertiary/aromatic N) is 1. The quantitative estimate of drug-likeness (QED) is 0.794. The van der Waals surface area contributed by atoms with E-state index in [9.17, 15) is 0 Å². The van der Waals surface area contributed by atoms with E-state index < -0.39 is 0 Å². The molecular weight excluding hydrogens is 300 g/mol. The van der Waals surface area contributed by atoms with Crippen LogP contribution in [0.1, 0.15) is 17.5 Å². The van der Waals surface area contributed by atoms with E-state index in [2.05, 4.69) is 23.1 Å². The predicted octanol–water partition coefficient (Wildman–Crippen LogP) is 3.11. The highest BCUT2D eigenvalue weighted by atomic mass is 16.5. The normalized spacial score (nSPS) is 15.3. The number of nitrogen functional groups attached to an aromatic ring is 1. The zero-order valence-electron chi connectivity index (χ0n) is 14.1. The summed E-state index contributed by atoms with van der Waals surface area (Å²) < 4.78 is 11.2. The molecule has 0 radical (unpaired) electrons. The first-order chi connectivity index (χ1) is 11.8. The molecule has 0 atom stereocenters. The van der Waals surface area contributed by atoms with Gasteiger partial charge in [-0.05, 0) is 42.6 Å². The summed E-state index contributed by atoms with van der Waals surface area (Å²) in [6, 6.07) is 16.3. The van der Waals surface area contributed by atoms with Crippen LogP contribution in [-0.4, -0.2) is 37.7 Å². The largest absolute Gasteiger partial charge is 0.487 e. The average Bonchev–Trinajstić information content (AvgIpc) is 2.63. The Balaban J connectivity index is 1.47. The van der Waals surface area contributed by atoms with Gasteiger partial charge in [-0.1, -0.05) is 36.4 Å². The van der Waals surface area contributed by atoms with Crippen LogP contribution in [0.15, 0.2) is 48.5 Å². The summed E-state index contributed by atoms with van der Waals surface area (Å²) >= 11 is 0. The number of anilines is 1. The van der Waals surface area contributed by atoms with Crippen molar-refractivity contribution in [2.45, 2.75) is 19.4 Å². The lowest BCUT2D eigenvalue weighted by atomic mass is 10.1. The smallest absolute Gasteiger partial charge is 0.142 e. The Morgan fingerprint density at radius 1 is 1.00 bits per heavy atom. The molecule has 1 fully saturated rings. The van der Waals surface area contributed by atoms with E-state index in [1.54, 1.807) is 0 Å². The van der Waals surface area contributed by atoms with E-state index >= 15 is 0 Å². The van der Waals surface area contributed by atoms with Crippen LogP contribution in [0.4, 0.5) is 5.69 Å². The molecule has 128 valence electrons. The first-order valence-corrected chi connectivity index (χ1v) is 8.66. The zero-order valence-corrected chi connectivity index (χ0v) is 14.1. The maximum absolute atomic E-state index is 6.15. The van der Waals surface area contributed by atoms with E-state index in [-0.39, 0.29) is 0 Å². The van der Waals surface area contributed by atoms with E-state index in [1.807, 2.05) is 30.3 Å². The number of aryl methyl sites for hydroxylation is 1. The SMILES string of the molecule is Nc1cc(CCCN2CCOCC2)ccc1OCc1ccccc1. The molecule has 4 heteroatoms. The Morgan fingerprint density at radius 2 is 1.79 bits per heavy atom. The molecule has 1 aliphatic rings. The summed E-state index contributed by atoms with van der Waals surface area (Å²) in [5, 5.41) is 0. The fourth-order valence-electron chi connectivity index (χ4n) is 2.95. The number of benzene rings is 2. The molecule has 0 bridgehead atoms. The topological polar surface area (TPSA) is 47.7 Å². The molecule has 24 heavy (non-hydrogen) atoms. The molecule has 1 heterocycles. The number of morpholine rings is 1. The van der Waals surface area contributed by atoms with E-state index in [0.29, 0.717) is 6.61 Å². The highest BCUT2D eigenvalue weighted by Crippen LogP contribution is 2.24. The standard InChI is InChI=1S/C20H26N2O2/c21-19-15-17(7-4-10-22-11-13-23-14-12-22)8-9-20(19)24-16-18-5-2-1-3-6-18/h1-3,5-6,8-9,15H,4,7,10-14,16,21H2. The van der Waals surface area contributed by atoms with E-state index in [0.717, 1.165) is 62.7 Å². The van der Waals surface area contributed by atoms with E-state index in [4.69, 9.17) is 15.2 Å². The summed E-state index contributed by atoms with van der Waals surface area (Å²) in [7, 11) is 0. The Bertz CT molecular complexity index is 625. The van der Waals surface area contributed by atoms with Crippen molar-refractivity contribution >= 4 is 5.69 Å². The van der Waals surface area contributed by atoms with Gasteiger partial charge in [0.2, 0.25) is 0 Å². The molecule has 0 unspecified atom stereocenters. The molecule has 4 nitrogen and oxygen atoms in total. The van der Waals surface area contributed by atoms with Crippen LogP contribution in [0.2, 0.25) is 0 Å². The van der Waals surface area contributed by atoms with Gasteiger partial charge in [0.05, 0.1) is 18.9 Å². The van der Waals surface area contributed by atoms with Crippen LogP contribution < -0.4 is 10.5 Å². The van der Waals surface area contributed by atoms with E-state index in [1.165, 1.54) is 5.56 Å². The van der Waals surface area contributed by atoms with Crippen LogP contribution in [0.25, 0.3) is 0 Å². The van der Waals surface area contributed by atoms with Crippen molar-refractivity contribution in [3.63, 3.8) is 0 Å².